The number of rotatable bonds is 4. The fourth-order valence-electron chi connectivity index (χ4n) is 1.51. The Kier molecular flexibility index (Phi) is 3.11. The monoisotopic (exact) mass is 231 g/mol. The van der Waals surface area contributed by atoms with Crippen LogP contribution < -0.4 is 5.32 Å². The van der Waals surface area contributed by atoms with Crippen LogP contribution in [0.1, 0.15) is 19.2 Å². The van der Waals surface area contributed by atoms with Crippen molar-refractivity contribution >= 4 is 17.6 Å². The molecule has 0 amide bonds. The lowest BCUT2D eigenvalue weighted by atomic mass is 10.0. The molecule has 2 rings (SSSR count). The molecule has 1 aliphatic rings. The molecule has 6 heteroatoms. The minimum atomic E-state index is -0.0925. The maximum Gasteiger partial charge on any atom is 0.315 e. The number of halogens is 1. The third kappa shape index (κ3) is 2.60. The second-order valence-electron chi connectivity index (χ2n) is 3.93. The Hall–Kier alpha value is -0.810. The molecule has 0 bridgehead atoms. The van der Waals surface area contributed by atoms with Crippen molar-refractivity contribution in [3.05, 3.63) is 5.89 Å². The Morgan fingerprint density at radius 2 is 2.40 bits per heavy atom. The third-order valence-corrected chi connectivity index (χ3v) is 2.59. The summed E-state index contributed by atoms with van der Waals surface area (Å²) in [6, 6.07) is 0.447. The molecule has 1 aromatic rings. The van der Waals surface area contributed by atoms with E-state index in [-0.39, 0.29) is 5.54 Å². The number of nitrogens with zero attached hydrogens (tertiary/aromatic N) is 2. The van der Waals surface area contributed by atoms with E-state index in [0.717, 1.165) is 13.0 Å². The van der Waals surface area contributed by atoms with Gasteiger partial charge < -0.3 is 14.5 Å². The largest absolute Gasteiger partial charge is 0.408 e. The van der Waals surface area contributed by atoms with E-state index in [9.17, 15) is 0 Å². The predicted octanol–water partition coefficient (Wildman–Crippen LogP) is 1.44. The number of nitrogens with one attached hydrogen (secondary N) is 1. The van der Waals surface area contributed by atoms with Crippen LogP contribution in [0, 0.1) is 0 Å². The van der Waals surface area contributed by atoms with Gasteiger partial charge in [0.2, 0.25) is 5.89 Å². The van der Waals surface area contributed by atoms with E-state index in [1.165, 1.54) is 0 Å². The van der Waals surface area contributed by atoms with E-state index in [1.54, 1.807) is 0 Å². The Bertz CT molecular complexity index is 323. The Labute approximate surface area is 93.1 Å². The minimum absolute atomic E-state index is 0.0925. The van der Waals surface area contributed by atoms with E-state index >= 15 is 0 Å². The standard InChI is InChI=1S/C9H14ClN3O2/c1-9(3-5-14-6-9)11-8-13-12-7(15-8)2-4-10/h2-6H2,1H3,(H,11,13). The van der Waals surface area contributed by atoms with Crippen molar-refractivity contribution in [2.24, 2.45) is 0 Å². The van der Waals surface area contributed by atoms with Gasteiger partial charge in [0, 0.05) is 18.9 Å². The van der Waals surface area contributed by atoms with Crippen LogP contribution in [0.2, 0.25) is 0 Å². The summed E-state index contributed by atoms with van der Waals surface area (Å²) in [5.41, 5.74) is -0.0925. The topological polar surface area (TPSA) is 60.2 Å². The van der Waals surface area contributed by atoms with Crippen LogP contribution in [0.3, 0.4) is 0 Å². The molecule has 2 heterocycles. The van der Waals surface area contributed by atoms with Crippen molar-refractivity contribution in [2.75, 3.05) is 24.4 Å². The predicted molar refractivity (Wildman–Crippen MR) is 56.2 cm³/mol. The molecular formula is C9H14ClN3O2. The highest BCUT2D eigenvalue weighted by Crippen LogP contribution is 2.22. The van der Waals surface area contributed by atoms with Gasteiger partial charge in [-0.1, -0.05) is 5.10 Å². The molecule has 5 nitrogen and oxygen atoms in total. The first-order chi connectivity index (χ1) is 7.22. The fraction of sp³-hybridized carbons (Fsp3) is 0.778. The van der Waals surface area contributed by atoms with Crippen molar-refractivity contribution < 1.29 is 9.15 Å². The van der Waals surface area contributed by atoms with E-state index in [0.29, 0.717) is 30.8 Å². The van der Waals surface area contributed by atoms with E-state index < -0.39 is 0 Å². The van der Waals surface area contributed by atoms with Gasteiger partial charge in [-0.25, -0.2) is 0 Å². The minimum Gasteiger partial charge on any atom is -0.408 e. The first-order valence-electron chi connectivity index (χ1n) is 4.96. The van der Waals surface area contributed by atoms with Crippen LogP contribution in [0.15, 0.2) is 4.42 Å². The van der Waals surface area contributed by atoms with Gasteiger partial charge in [0.15, 0.2) is 0 Å². The SMILES string of the molecule is CC1(Nc2nnc(CCCl)o2)CCOC1. The molecule has 0 spiro atoms. The van der Waals surface area contributed by atoms with Crippen LogP contribution in [0.5, 0.6) is 0 Å². The Morgan fingerprint density at radius 3 is 3.07 bits per heavy atom. The average Bonchev–Trinajstić information content (AvgIpc) is 2.77. The van der Waals surface area contributed by atoms with Crippen LogP contribution in [0.25, 0.3) is 0 Å². The Morgan fingerprint density at radius 1 is 1.53 bits per heavy atom. The van der Waals surface area contributed by atoms with Crippen molar-refractivity contribution in [1.29, 1.82) is 0 Å². The van der Waals surface area contributed by atoms with Crippen molar-refractivity contribution in [2.45, 2.75) is 25.3 Å². The molecule has 1 N–H and O–H groups in total. The van der Waals surface area contributed by atoms with Crippen molar-refractivity contribution in [3.8, 4) is 0 Å². The molecule has 1 aromatic heterocycles. The summed E-state index contributed by atoms with van der Waals surface area (Å²) < 4.78 is 10.7. The van der Waals surface area contributed by atoms with Crippen molar-refractivity contribution in [1.82, 2.24) is 10.2 Å². The molecule has 0 aliphatic carbocycles. The van der Waals surface area contributed by atoms with Gasteiger partial charge in [0.25, 0.3) is 0 Å². The number of hydrogen-bond donors (Lipinski definition) is 1. The molecule has 84 valence electrons. The molecule has 0 aromatic carbocycles. The first kappa shape index (κ1) is 10.7. The molecule has 1 fully saturated rings. The lowest BCUT2D eigenvalue weighted by Crippen LogP contribution is -2.35. The van der Waals surface area contributed by atoms with E-state index in [2.05, 4.69) is 22.4 Å². The maximum atomic E-state index is 5.57. The summed E-state index contributed by atoms with van der Waals surface area (Å²) in [4.78, 5) is 0. The highest BCUT2D eigenvalue weighted by atomic mass is 35.5. The van der Waals surface area contributed by atoms with Gasteiger partial charge >= 0.3 is 6.01 Å². The Balaban J connectivity index is 1.97. The molecule has 1 atom stereocenters. The number of ether oxygens (including phenoxy) is 1. The fourth-order valence-corrected chi connectivity index (χ4v) is 1.67. The summed E-state index contributed by atoms with van der Waals surface area (Å²) >= 11 is 5.57. The zero-order valence-electron chi connectivity index (χ0n) is 8.62. The van der Waals surface area contributed by atoms with E-state index in [4.69, 9.17) is 20.8 Å². The molecule has 0 radical (unpaired) electrons. The summed E-state index contributed by atoms with van der Waals surface area (Å²) in [5.74, 6) is 1.05. The second kappa shape index (κ2) is 4.37. The van der Waals surface area contributed by atoms with Crippen LogP contribution in [0.4, 0.5) is 6.01 Å². The summed E-state index contributed by atoms with van der Waals surface area (Å²) in [6.07, 6.45) is 1.55. The van der Waals surface area contributed by atoms with Gasteiger partial charge in [-0.2, -0.15) is 0 Å². The molecule has 15 heavy (non-hydrogen) atoms. The number of anilines is 1. The number of aryl methyl sites for hydroxylation is 1. The highest BCUT2D eigenvalue weighted by Gasteiger charge is 2.31. The molecule has 1 unspecified atom stereocenters. The third-order valence-electron chi connectivity index (χ3n) is 2.40. The smallest absolute Gasteiger partial charge is 0.315 e. The molecular weight excluding hydrogens is 218 g/mol. The first-order valence-corrected chi connectivity index (χ1v) is 5.50. The summed E-state index contributed by atoms with van der Waals surface area (Å²) in [5, 5.41) is 11.0. The van der Waals surface area contributed by atoms with Gasteiger partial charge in [0.05, 0.1) is 12.1 Å². The second-order valence-corrected chi connectivity index (χ2v) is 4.31. The number of hydrogen-bond acceptors (Lipinski definition) is 5. The quantitative estimate of drug-likeness (QED) is 0.795. The molecule has 0 saturated carbocycles. The van der Waals surface area contributed by atoms with Crippen LogP contribution in [-0.2, 0) is 11.2 Å². The van der Waals surface area contributed by atoms with Crippen molar-refractivity contribution in [3.63, 3.8) is 0 Å². The van der Waals surface area contributed by atoms with Gasteiger partial charge in [-0.05, 0) is 13.3 Å². The molecule has 1 aliphatic heterocycles. The number of aromatic nitrogens is 2. The zero-order chi connectivity index (χ0) is 10.7. The summed E-state index contributed by atoms with van der Waals surface area (Å²) in [7, 11) is 0. The summed E-state index contributed by atoms with van der Waals surface area (Å²) in [6.45, 7) is 3.51. The average molecular weight is 232 g/mol. The van der Waals surface area contributed by atoms with Gasteiger partial charge in [-0.15, -0.1) is 16.7 Å². The highest BCUT2D eigenvalue weighted by molar-refractivity contribution is 6.17. The van der Waals surface area contributed by atoms with E-state index in [1.807, 2.05) is 0 Å². The van der Waals surface area contributed by atoms with Gasteiger partial charge in [-0.3, -0.25) is 0 Å². The maximum absolute atomic E-state index is 5.57. The number of alkyl halides is 1. The van der Waals surface area contributed by atoms with Crippen LogP contribution >= 0.6 is 11.6 Å². The van der Waals surface area contributed by atoms with Crippen LogP contribution in [-0.4, -0.2) is 34.8 Å². The normalized spacial score (nSPS) is 25.7. The lowest BCUT2D eigenvalue weighted by Gasteiger charge is -2.21. The zero-order valence-corrected chi connectivity index (χ0v) is 9.38. The lowest BCUT2D eigenvalue weighted by molar-refractivity contribution is 0.184. The molecule has 1 saturated heterocycles. The van der Waals surface area contributed by atoms with Gasteiger partial charge in [0.1, 0.15) is 0 Å².